The molecule has 0 aliphatic rings. The quantitative estimate of drug-likeness (QED) is 0.186. The van der Waals surface area contributed by atoms with Gasteiger partial charge >= 0.3 is 0 Å². The molecule has 1 unspecified atom stereocenters. The summed E-state index contributed by atoms with van der Waals surface area (Å²) in [6, 6.07) is -1.12. The highest BCUT2D eigenvalue weighted by molar-refractivity contribution is 5.94. The molecule has 2 amide bonds. The number of nitrogens with one attached hydrogen (secondary N) is 1. The Bertz CT molecular complexity index is 566. The van der Waals surface area contributed by atoms with Gasteiger partial charge in [-0.3, -0.25) is 24.0 Å². The van der Waals surface area contributed by atoms with Gasteiger partial charge in [-0.25, -0.2) is 0 Å². The highest BCUT2D eigenvalue weighted by Gasteiger charge is 2.27. The van der Waals surface area contributed by atoms with Crippen molar-refractivity contribution in [3.8, 4) is 0 Å². The molecule has 0 saturated carbocycles. The van der Waals surface area contributed by atoms with E-state index in [1.165, 1.54) is 6.92 Å². The van der Waals surface area contributed by atoms with Gasteiger partial charge in [-0.2, -0.15) is 0 Å². The highest BCUT2D eigenvalue weighted by atomic mass is 16.3. The molecular weight excluding hydrogens is 368 g/mol. The van der Waals surface area contributed by atoms with Crippen LogP contribution in [0.2, 0.25) is 0 Å². The predicted molar refractivity (Wildman–Crippen MR) is 102 cm³/mol. The van der Waals surface area contributed by atoms with Crippen LogP contribution in [0.25, 0.3) is 0 Å². The van der Waals surface area contributed by atoms with Gasteiger partial charge in [0.15, 0.2) is 5.78 Å². The Morgan fingerprint density at radius 1 is 1.00 bits per heavy atom. The number of Topliss-reactive ketones (excluding diaryl/α,β-unsaturated/α-hetero) is 3. The number of carbonyl (C=O) groups is 5. The number of aliphatic hydroxyl groups is 1. The first-order chi connectivity index (χ1) is 13.1. The smallest absolute Gasteiger partial charge is 0.224 e. The zero-order valence-electron chi connectivity index (χ0n) is 16.3. The van der Waals surface area contributed by atoms with Gasteiger partial charge in [0.05, 0.1) is 25.1 Å². The minimum absolute atomic E-state index is 0.0310. The summed E-state index contributed by atoms with van der Waals surface area (Å²) in [5.41, 5.74) is 15.9. The molecular formula is C18H32N4O6. The SMILES string of the molecule is CC(=O)C(CCCCN)CC(=O)C[C@@H](CC(N)=O)C(=O)NCC(=O)[C@@H](N)CO. The van der Waals surface area contributed by atoms with Crippen molar-refractivity contribution in [3.05, 3.63) is 0 Å². The first kappa shape index (κ1) is 25.8. The van der Waals surface area contributed by atoms with E-state index in [9.17, 15) is 24.0 Å². The van der Waals surface area contributed by atoms with Crippen molar-refractivity contribution in [2.24, 2.45) is 29.0 Å². The maximum absolute atomic E-state index is 12.4. The van der Waals surface area contributed by atoms with Crippen LogP contribution in [0.5, 0.6) is 0 Å². The van der Waals surface area contributed by atoms with Crippen molar-refractivity contribution in [1.82, 2.24) is 5.32 Å². The van der Waals surface area contributed by atoms with Crippen molar-refractivity contribution in [3.63, 3.8) is 0 Å². The Kier molecular flexibility index (Phi) is 12.8. The number of carbonyl (C=O) groups excluding carboxylic acids is 5. The molecule has 0 saturated heterocycles. The molecule has 0 fully saturated rings. The molecule has 28 heavy (non-hydrogen) atoms. The number of unbranched alkanes of at least 4 members (excludes halogenated alkanes) is 1. The van der Waals surface area contributed by atoms with E-state index in [-0.39, 0.29) is 30.8 Å². The van der Waals surface area contributed by atoms with E-state index in [1.54, 1.807) is 0 Å². The third-order valence-corrected chi connectivity index (χ3v) is 4.40. The van der Waals surface area contributed by atoms with Gasteiger partial charge in [0, 0.05) is 25.2 Å². The second-order valence-electron chi connectivity index (χ2n) is 6.88. The van der Waals surface area contributed by atoms with Crippen LogP contribution in [0.3, 0.4) is 0 Å². The molecule has 10 heteroatoms. The summed E-state index contributed by atoms with van der Waals surface area (Å²) < 4.78 is 0. The van der Waals surface area contributed by atoms with Crippen LogP contribution in [0, 0.1) is 11.8 Å². The van der Waals surface area contributed by atoms with Crippen LogP contribution in [0.1, 0.15) is 45.4 Å². The lowest BCUT2D eigenvalue weighted by atomic mass is 9.88. The molecule has 0 aromatic heterocycles. The number of hydrogen-bond acceptors (Lipinski definition) is 8. The zero-order valence-corrected chi connectivity index (χ0v) is 16.3. The molecule has 0 rings (SSSR count). The van der Waals surface area contributed by atoms with E-state index in [0.29, 0.717) is 19.4 Å². The summed E-state index contributed by atoms with van der Waals surface area (Å²) >= 11 is 0. The fourth-order valence-electron chi connectivity index (χ4n) is 2.67. The largest absolute Gasteiger partial charge is 0.394 e. The van der Waals surface area contributed by atoms with Gasteiger partial charge in [0.2, 0.25) is 11.8 Å². The van der Waals surface area contributed by atoms with Gasteiger partial charge in [0.1, 0.15) is 11.6 Å². The Morgan fingerprint density at radius 3 is 2.11 bits per heavy atom. The molecule has 160 valence electrons. The number of amides is 2. The van der Waals surface area contributed by atoms with Crippen LogP contribution < -0.4 is 22.5 Å². The van der Waals surface area contributed by atoms with Crippen molar-refractivity contribution in [2.45, 2.75) is 51.5 Å². The fourth-order valence-corrected chi connectivity index (χ4v) is 2.67. The van der Waals surface area contributed by atoms with Crippen molar-refractivity contribution in [2.75, 3.05) is 19.7 Å². The minimum atomic E-state index is -1.12. The number of primary amides is 1. The van der Waals surface area contributed by atoms with E-state index in [0.717, 1.165) is 6.42 Å². The molecule has 0 aromatic rings. The molecule has 10 nitrogen and oxygen atoms in total. The maximum atomic E-state index is 12.4. The summed E-state index contributed by atoms with van der Waals surface area (Å²) in [6.07, 6.45) is 1.32. The molecule has 0 radical (unpaired) electrons. The summed E-state index contributed by atoms with van der Waals surface area (Å²) in [5, 5.41) is 11.1. The number of rotatable bonds is 16. The normalized spacial score (nSPS) is 14.0. The molecule has 3 atom stereocenters. The Morgan fingerprint density at radius 2 is 1.61 bits per heavy atom. The van der Waals surface area contributed by atoms with Gasteiger partial charge < -0.3 is 27.6 Å². The fraction of sp³-hybridized carbons (Fsp3) is 0.722. The molecule has 0 spiro atoms. The zero-order chi connectivity index (χ0) is 21.7. The van der Waals surface area contributed by atoms with E-state index < -0.39 is 48.6 Å². The summed E-state index contributed by atoms with van der Waals surface area (Å²) in [7, 11) is 0. The maximum Gasteiger partial charge on any atom is 0.224 e. The third-order valence-electron chi connectivity index (χ3n) is 4.40. The Hall–Kier alpha value is -2.17. The molecule has 0 aromatic carbocycles. The van der Waals surface area contributed by atoms with Crippen molar-refractivity contribution >= 4 is 29.2 Å². The summed E-state index contributed by atoms with van der Waals surface area (Å²) in [4.78, 5) is 59.2. The van der Waals surface area contributed by atoms with E-state index >= 15 is 0 Å². The van der Waals surface area contributed by atoms with Crippen molar-refractivity contribution in [1.29, 1.82) is 0 Å². The van der Waals surface area contributed by atoms with E-state index in [2.05, 4.69) is 5.32 Å². The van der Waals surface area contributed by atoms with Crippen molar-refractivity contribution < 1.29 is 29.1 Å². The standard InChI is InChI=1S/C18H32N4O6/c1-11(24)12(4-2-3-5-19)6-14(25)7-13(8-17(21)27)18(28)22-9-16(26)15(20)10-23/h12-13,15,23H,2-10,19-20H2,1H3,(H2,21,27)(H,22,28)/t12?,13-,15-/m0/s1. The lowest BCUT2D eigenvalue weighted by Crippen LogP contribution is -2.44. The topological polar surface area (TPSA) is 196 Å². The third kappa shape index (κ3) is 10.9. The monoisotopic (exact) mass is 400 g/mol. The average Bonchev–Trinajstić information content (AvgIpc) is 2.63. The van der Waals surface area contributed by atoms with Gasteiger partial charge in [0.25, 0.3) is 0 Å². The van der Waals surface area contributed by atoms with Crippen LogP contribution in [-0.2, 0) is 24.0 Å². The molecule has 0 heterocycles. The molecule has 0 aliphatic heterocycles. The second kappa shape index (κ2) is 13.9. The second-order valence-corrected chi connectivity index (χ2v) is 6.88. The number of ketones is 3. The Balaban J connectivity index is 4.84. The number of aliphatic hydroxyl groups excluding tert-OH is 1. The summed E-state index contributed by atoms with van der Waals surface area (Å²) in [5.74, 6) is -4.00. The van der Waals surface area contributed by atoms with Gasteiger partial charge in [-0.1, -0.05) is 6.42 Å². The van der Waals surface area contributed by atoms with Crippen LogP contribution in [-0.4, -0.2) is 60.0 Å². The summed E-state index contributed by atoms with van der Waals surface area (Å²) in [6.45, 7) is 0.912. The Labute approximate surface area is 164 Å². The van der Waals surface area contributed by atoms with E-state index in [1.807, 2.05) is 0 Å². The first-order valence-electron chi connectivity index (χ1n) is 9.29. The molecule has 0 bridgehead atoms. The number of hydrogen-bond donors (Lipinski definition) is 5. The minimum Gasteiger partial charge on any atom is -0.394 e. The lowest BCUT2D eigenvalue weighted by molar-refractivity contribution is -0.134. The molecule has 8 N–H and O–H groups in total. The van der Waals surface area contributed by atoms with Gasteiger partial charge in [-0.15, -0.1) is 0 Å². The van der Waals surface area contributed by atoms with E-state index in [4.69, 9.17) is 22.3 Å². The van der Waals surface area contributed by atoms with Crippen LogP contribution in [0.15, 0.2) is 0 Å². The van der Waals surface area contributed by atoms with Crippen LogP contribution >= 0.6 is 0 Å². The predicted octanol–water partition coefficient (Wildman–Crippen LogP) is -1.83. The average molecular weight is 400 g/mol. The molecule has 0 aliphatic carbocycles. The van der Waals surface area contributed by atoms with Gasteiger partial charge in [-0.05, 0) is 26.3 Å². The number of nitrogens with two attached hydrogens (primary N) is 3. The first-order valence-corrected chi connectivity index (χ1v) is 9.29. The highest BCUT2D eigenvalue weighted by Crippen LogP contribution is 2.18. The lowest BCUT2D eigenvalue weighted by Gasteiger charge is -2.17. The van der Waals surface area contributed by atoms with Crippen LogP contribution in [0.4, 0.5) is 0 Å².